The van der Waals surface area contributed by atoms with Gasteiger partial charge in [-0.1, -0.05) is 5.16 Å². The van der Waals surface area contributed by atoms with E-state index in [0.29, 0.717) is 0 Å². The van der Waals surface area contributed by atoms with E-state index in [1.807, 2.05) is 0 Å². The van der Waals surface area contributed by atoms with E-state index in [1.165, 1.54) is 0 Å². The summed E-state index contributed by atoms with van der Waals surface area (Å²) in [7, 11) is 0.904. The van der Waals surface area contributed by atoms with E-state index in [4.69, 9.17) is 10.7 Å². The lowest BCUT2D eigenvalue weighted by atomic mass is 10.1. The minimum absolute atomic E-state index is 0.0864. The molecule has 0 unspecified atom stereocenters. The van der Waals surface area contributed by atoms with E-state index in [9.17, 15) is 17.2 Å². The van der Waals surface area contributed by atoms with Crippen molar-refractivity contribution in [3.63, 3.8) is 0 Å². The second-order valence-corrected chi connectivity index (χ2v) is 5.85. The minimum Gasteiger partial charge on any atom is -0.356 e. The second kappa shape index (κ2) is 3.67. The topological polar surface area (TPSA) is 60.2 Å². The highest BCUT2D eigenvalue weighted by molar-refractivity contribution is 8.13. The Hall–Kier alpha value is -1.21. The summed E-state index contributed by atoms with van der Waals surface area (Å²) in [5.74, 6) is -2.99. The Morgan fingerprint density at radius 1 is 1.44 bits per heavy atom. The number of rotatable bonds is 2. The average molecular weight is 268 g/mol. The Balaban J connectivity index is 2.69. The van der Waals surface area contributed by atoms with E-state index < -0.39 is 32.0 Å². The van der Waals surface area contributed by atoms with Crippen LogP contribution in [-0.2, 0) is 14.8 Å². The molecule has 0 spiro atoms. The van der Waals surface area contributed by atoms with Gasteiger partial charge in [0.2, 0.25) is 9.05 Å². The Labute approximate surface area is 93.2 Å². The largest absolute Gasteiger partial charge is 0.356 e. The third-order valence-electron chi connectivity index (χ3n) is 1.96. The molecule has 0 atom stereocenters. The highest BCUT2D eigenvalue weighted by Crippen LogP contribution is 2.25. The molecule has 16 heavy (non-hydrogen) atoms. The van der Waals surface area contributed by atoms with E-state index in [-0.39, 0.29) is 11.0 Å². The van der Waals surface area contributed by atoms with Crippen molar-refractivity contribution >= 4 is 30.7 Å². The van der Waals surface area contributed by atoms with Gasteiger partial charge in [-0.2, -0.15) is 0 Å². The maximum absolute atomic E-state index is 13.6. The highest BCUT2D eigenvalue weighted by atomic mass is 35.7. The van der Waals surface area contributed by atoms with Crippen molar-refractivity contribution in [1.29, 1.82) is 0 Å². The predicted octanol–water partition coefficient (Wildman–Crippen LogP) is 2.17. The van der Waals surface area contributed by atoms with Crippen LogP contribution >= 0.6 is 10.7 Å². The summed E-state index contributed by atoms with van der Waals surface area (Å²) in [4.78, 5) is 0. The molecule has 0 aliphatic carbocycles. The number of benzene rings is 1. The summed E-state index contributed by atoms with van der Waals surface area (Å²) in [6.45, 7) is 0. The van der Waals surface area contributed by atoms with Crippen LogP contribution in [0.4, 0.5) is 8.78 Å². The van der Waals surface area contributed by atoms with Crippen LogP contribution in [-0.4, -0.2) is 13.6 Å². The lowest BCUT2D eigenvalue weighted by Crippen LogP contribution is -2.02. The van der Waals surface area contributed by atoms with E-state index in [2.05, 4.69) is 9.68 Å². The fourth-order valence-electron chi connectivity index (χ4n) is 1.29. The van der Waals surface area contributed by atoms with Crippen LogP contribution in [0.1, 0.15) is 5.56 Å². The van der Waals surface area contributed by atoms with Crippen LogP contribution < -0.4 is 0 Å². The van der Waals surface area contributed by atoms with E-state index in [1.54, 1.807) is 0 Å². The van der Waals surface area contributed by atoms with Crippen molar-refractivity contribution < 1.29 is 21.7 Å². The number of aromatic nitrogens is 1. The van der Waals surface area contributed by atoms with Crippen molar-refractivity contribution in [3.05, 3.63) is 29.5 Å². The Bertz CT molecular complexity index is 653. The van der Waals surface area contributed by atoms with Gasteiger partial charge in [-0.05, 0) is 0 Å². The molecule has 0 aliphatic heterocycles. The number of halogens is 3. The van der Waals surface area contributed by atoms with Crippen LogP contribution in [0.2, 0.25) is 0 Å². The summed E-state index contributed by atoms with van der Waals surface area (Å²) >= 11 is 0. The molecule has 2 rings (SSSR count). The van der Waals surface area contributed by atoms with Crippen LogP contribution in [0.3, 0.4) is 0 Å². The lowest BCUT2D eigenvalue weighted by Gasteiger charge is -2.02. The van der Waals surface area contributed by atoms with Crippen LogP contribution in [0.5, 0.6) is 0 Å². The molecule has 0 saturated heterocycles. The van der Waals surface area contributed by atoms with E-state index in [0.717, 1.165) is 12.3 Å². The highest BCUT2D eigenvalue weighted by Gasteiger charge is 2.20. The number of hydrogen-bond donors (Lipinski definition) is 0. The SMILES string of the molecule is O=S(=O)(Cl)Cc1c(F)cc2oncc2c1F. The zero-order valence-electron chi connectivity index (χ0n) is 7.58. The normalized spacial score (nSPS) is 12.2. The van der Waals surface area contributed by atoms with Crippen molar-refractivity contribution in [1.82, 2.24) is 5.16 Å². The van der Waals surface area contributed by atoms with Crippen LogP contribution in [0, 0.1) is 11.6 Å². The fraction of sp³-hybridized carbons (Fsp3) is 0.125. The van der Waals surface area contributed by atoms with Gasteiger partial charge in [0.15, 0.2) is 5.58 Å². The molecule has 1 heterocycles. The van der Waals surface area contributed by atoms with Gasteiger partial charge in [-0.3, -0.25) is 0 Å². The molecule has 2 aromatic rings. The van der Waals surface area contributed by atoms with Crippen molar-refractivity contribution in [2.24, 2.45) is 0 Å². The van der Waals surface area contributed by atoms with E-state index >= 15 is 0 Å². The first-order valence-corrected chi connectivity index (χ1v) is 6.50. The molecule has 0 radical (unpaired) electrons. The third kappa shape index (κ3) is 2.00. The van der Waals surface area contributed by atoms with Gasteiger partial charge < -0.3 is 4.52 Å². The monoisotopic (exact) mass is 267 g/mol. The molecule has 0 fully saturated rings. The number of fused-ring (bicyclic) bond motifs is 1. The lowest BCUT2D eigenvalue weighted by molar-refractivity contribution is 0.454. The van der Waals surface area contributed by atoms with Gasteiger partial charge in [-0.15, -0.1) is 0 Å². The molecular formula is C8H4ClF2NO3S. The van der Waals surface area contributed by atoms with Gasteiger partial charge in [0, 0.05) is 22.3 Å². The minimum atomic E-state index is -4.03. The molecule has 8 heteroatoms. The molecule has 0 N–H and O–H groups in total. The fourth-order valence-corrected chi connectivity index (χ4v) is 2.23. The first kappa shape index (κ1) is 11.3. The summed E-state index contributed by atoms with van der Waals surface area (Å²) in [5.41, 5.74) is -0.712. The van der Waals surface area contributed by atoms with Gasteiger partial charge in [0.05, 0.1) is 17.3 Å². The van der Waals surface area contributed by atoms with Gasteiger partial charge in [0.25, 0.3) is 0 Å². The maximum atomic E-state index is 13.6. The van der Waals surface area contributed by atoms with Crippen LogP contribution in [0.15, 0.2) is 16.8 Å². The van der Waals surface area contributed by atoms with Crippen molar-refractivity contribution in [2.75, 3.05) is 0 Å². The molecule has 4 nitrogen and oxygen atoms in total. The molecule has 0 amide bonds. The van der Waals surface area contributed by atoms with Crippen molar-refractivity contribution in [3.8, 4) is 0 Å². The number of hydrogen-bond acceptors (Lipinski definition) is 4. The number of nitrogens with zero attached hydrogens (tertiary/aromatic N) is 1. The quantitative estimate of drug-likeness (QED) is 0.783. The zero-order chi connectivity index (χ0) is 11.9. The summed E-state index contributed by atoms with van der Waals surface area (Å²) in [6, 6.07) is 0.864. The summed E-state index contributed by atoms with van der Waals surface area (Å²) in [6.07, 6.45) is 1.04. The Morgan fingerprint density at radius 3 is 2.75 bits per heavy atom. The molecule has 0 bridgehead atoms. The van der Waals surface area contributed by atoms with Gasteiger partial charge in [0.1, 0.15) is 11.6 Å². The summed E-state index contributed by atoms with van der Waals surface area (Å²) < 4.78 is 53.1. The molecule has 0 saturated carbocycles. The molecule has 1 aromatic heterocycles. The van der Waals surface area contributed by atoms with Crippen molar-refractivity contribution in [2.45, 2.75) is 5.75 Å². The second-order valence-electron chi connectivity index (χ2n) is 3.07. The van der Waals surface area contributed by atoms with Gasteiger partial charge >= 0.3 is 0 Å². The first-order chi connectivity index (χ1) is 7.38. The standard InChI is InChI=1S/C8H4ClF2NO3S/c9-16(13,14)3-5-6(10)1-7-4(8(5)11)2-12-15-7/h1-2H,3H2. The maximum Gasteiger partial charge on any atom is 0.236 e. The average Bonchev–Trinajstić information content (AvgIpc) is 2.58. The molecule has 0 aliphatic rings. The molecule has 86 valence electrons. The molecular weight excluding hydrogens is 264 g/mol. The molecule has 1 aromatic carbocycles. The van der Waals surface area contributed by atoms with Crippen LogP contribution in [0.25, 0.3) is 11.0 Å². The smallest absolute Gasteiger partial charge is 0.236 e. The van der Waals surface area contributed by atoms with Gasteiger partial charge in [-0.25, -0.2) is 17.2 Å². The summed E-state index contributed by atoms with van der Waals surface area (Å²) in [5, 5.41) is 3.19. The first-order valence-electron chi connectivity index (χ1n) is 4.02. The Morgan fingerprint density at radius 2 is 2.12 bits per heavy atom. The third-order valence-corrected chi connectivity index (χ3v) is 2.92. The zero-order valence-corrected chi connectivity index (χ0v) is 9.15. The Kier molecular flexibility index (Phi) is 2.59. The predicted molar refractivity (Wildman–Crippen MR) is 52.4 cm³/mol.